The van der Waals surface area contributed by atoms with E-state index in [1.807, 2.05) is 29.0 Å². The molecule has 3 nitrogen and oxygen atoms in total. The van der Waals surface area contributed by atoms with Crippen LogP contribution >= 0.6 is 34.3 Å². The lowest BCUT2D eigenvalue weighted by molar-refractivity contribution is 0.639. The van der Waals surface area contributed by atoms with Gasteiger partial charge in [-0.05, 0) is 40.8 Å². The lowest BCUT2D eigenvalue weighted by atomic mass is 9.51. The molecule has 0 bridgehead atoms. The quantitative estimate of drug-likeness (QED) is 0.451. The van der Waals surface area contributed by atoms with Crippen molar-refractivity contribution in [1.82, 2.24) is 9.78 Å². The molecule has 0 saturated carbocycles. The van der Waals surface area contributed by atoms with Crippen molar-refractivity contribution >= 4 is 61.8 Å². The zero-order valence-corrected chi connectivity index (χ0v) is 16.3. The van der Waals surface area contributed by atoms with Gasteiger partial charge in [0.05, 0.1) is 17.6 Å². The van der Waals surface area contributed by atoms with E-state index in [0.29, 0.717) is 18.3 Å². The van der Waals surface area contributed by atoms with Crippen molar-refractivity contribution in [2.24, 2.45) is 0 Å². The Morgan fingerprint density at radius 3 is 2.76 bits per heavy atom. The predicted molar refractivity (Wildman–Crippen MR) is 111 cm³/mol. The second kappa shape index (κ2) is 6.59. The smallest absolute Gasteiger partial charge is 0.267 e. The fourth-order valence-corrected chi connectivity index (χ4v) is 4.99. The Morgan fingerprint density at radius 1 is 1.16 bits per heavy atom. The average molecular weight is 387 g/mol. The molecule has 4 rings (SSSR count). The lowest BCUT2D eigenvalue weighted by Gasteiger charge is -2.10. The van der Waals surface area contributed by atoms with E-state index in [1.165, 1.54) is 4.70 Å². The maximum Gasteiger partial charge on any atom is 0.275 e. The number of rotatable bonds is 4. The van der Waals surface area contributed by atoms with E-state index in [2.05, 4.69) is 19.0 Å². The number of halogens is 1. The fourth-order valence-electron chi connectivity index (χ4n) is 3.05. The highest BCUT2D eigenvalue weighted by atomic mass is 35.5. The van der Waals surface area contributed by atoms with Gasteiger partial charge in [-0.1, -0.05) is 25.2 Å². The number of fused-ring (bicyclic) bond motifs is 2. The molecule has 0 unspecified atom stereocenters. The summed E-state index contributed by atoms with van der Waals surface area (Å²) < 4.78 is 2.78. The molecule has 0 spiro atoms. The number of thiophene rings is 2. The van der Waals surface area contributed by atoms with Gasteiger partial charge < -0.3 is 0 Å². The molecular weight excluding hydrogens is 371 g/mol. The van der Waals surface area contributed by atoms with Gasteiger partial charge in [-0.2, -0.15) is 16.4 Å². The summed E-state index contributed by atoms with van der Waals surface area (Å²) in [7, 11) is 0. The van der Waals surface area contributed by atoms with E-state index in [4.69, 9.17) is 16.7 Å². The minimum atomic E-state index is -0.0230. The number of benzene rings is 1. The summed E-state index contributed by atoms with van der Waals surface area (Å²) in [5.41, 5.74) is 2.07. The van der Waals surface area contributed by atoms with E-state index in [9.17, 15) is 4.79 Å². The number of aromatic nitrogens is 2. The van der Waals surface area contributed by atoms with Crippen molar-refractivity contribution in [3.8, 4) is 0 Å². The second-order valence-electron chi connectivity index (χ2n) is 6.61. The SMILES string of the molecule is CB(C)Cc1nn(Cc2csc3ccc(Cl)cc23)c(=O)c2cscc12. The van der Waals surface area contributed by atoms with Crippen LogP contribution in [-0.4, -0.2) is 16.5 Å². The minimum Gasteiger partial charge on any atom is -0.267 e. The molecule has 0 saturated heterocycles. The summed E-state index contributed by atoms with van der Waals surface area (Å²) in [4.78, 5) is 12.8. The molecule has 0 aliphatic carbocycles. The Kier molecular flexibility index (Phi) is 4.44. The first-order valence-corrected chi connectivity index (χ1v) is 10.3. The summed E-state index contributed by atoms with van der Waals surface area (Å²) in [6.07, 6.45) is 0.865. The Hall–Kier alpha value is -1.63. The van der Waals surface area contributed by atoms with E-state index in [-0.39, 0.29) is 5.56 Å². The van der Waals surface area contributed by atoms with Gasteiger partial charge in [0.15, 0.2) is 0 Å². The van der Waals surface area contributed by atoms with Crippen LogP contribution in [0.15, 0.2) is 39.1 Å². The summed E-state index contributed by atoms with van der Waals surface area (Å²) in [6.45, 7) is 5.30. The highest BCUT2D eigenvalue weighted by Gasteiger charge is 2.15. The molecule has 126 valence electrons. The van der Waals surface area contributed by atoms with Crippen LogP contribution in [0, 0.1) is 0 Å². The number of hydrogen-bond donors (Lipinski definition) is 0. The average Bonchev–Trinajstić information content (AvgIpc) is 3.19. The summed E-state index contributed by atoms with van der Waals surface area (Å²) in [5.74, 6) is 0. The fraction of sp³-hybridized carbons (Fsp3) is 0.222. The number of hydrogen-bond acceptors (Lipinski definition) is 4. The van der Waals surface area contributed by atoms with Crippen LogP contribution in [0.1, 0.15) is 11.3 Å². The Balaban J connectivity index is 1.84. The highest BCUT2D eigenvalue weighted by molar-refractivity contribution is 7.17. The van der Waals surface area contributed by atoms with Crippen LogP contribution in [0.5, 0.6) is 0 Å². The third kappa shape index (κ3) is 3.14. The number of nitrogens with zero attached hydrogens (tertiary/aromatic N) is 2. The van der Waals surface area contributed by atoms with Crippen LogP contribution in [0.3, 0.4) is 0 Å². The molecule has 0 aliphatic rings. The Morgan fingerprint density at radius 2 is 1.96 bits per heavy atom. The van der Waals surface area contributed by atoms with E-state index in [0.717, 1.165) is 33.7 Å². The third-order valence-corrected chi connectivity index (χ3v) is 6.21. The van der Waals surface area contributed by atoms with Crippen LogP contribution in [-0.2, 0) is 12.9 Å². The first-order valence-electron chi connectivity index (χ1n) is 8.14. The van der Waals surface area contributed by atoms with Gasteiger partial charge in [-0.25, -0.2) is 4.68 Å². The monoisotopic (exact) mass is 386 g/mol. The van der Waals surface area contributed by atoms with Gasteiger partial charge in [0.25, 0.3) is 5.56 Å². The molecule has 0 atom stereocenters. The van der Waals surface area contributed by atoms with Gasteiger partial charge in [-0.3, -0.25) is 4.79 Å². The largest absolute Gasteiger partial charge is 0.275 e. The van der Waals surface area contributed by atoms with E-state index < -0.39 is 0 Å². The first kappa shape index (κ1) is 16.8. The maximum absolute atomic E-state index is 12.8. The summed E-state index contributed by atoms with van der Waals surface area (Å²) in [6, 6.07) is 5.88. The lowest BCUT2D eigenvalue weighted by Crippen LogP contribution is -2.25. The van der Waals surface area contributed by atoms with Gasteiger partial charge in [0.2, 0.25) is 0 Å². The van der Waals surface area contributed by atoms with Gasteiger partial charge >= 0.3 is 0 Å². The molecule has 0 amide bonds. The van der Waals surface area contributed by atoms with Gasteiger partial charge in [0, 0.05) is 25.9 Å². The topological polar surface area (TPSA) is 34.9 Å². The molecule has 0 aliphatic heterocycles. The molecule has 0 fully saturated rings. The zero-order chi connectivity index (χ0) is 17.6. The first-order chi connectivity index (χ1) is 12.0. The highest BCUT2D eigenvalue weighted by Crippen LogP contribution is 2.29. The standard InChI is InChI=1S/C18H16BClN2OS2/c1-19(2)6-16-14-9-24-10-15(14)18(23)22(21-16)7-11-8-25-17-4-3-12(20)5-13(11)17/h3-5,8-10H,6-7H2,1-2H3. The molecule has 4 aromatic rings. The Bertz CT molecular complexity index is 1130. The van der Waals surface area contributed by atoms with Crippen LogP contribution in [0.2, 0.25) is 18.7 Å². The van der Waals surface area contributed by atoms with Crippen molar-refractivity contribution in [2.75, 3.05) is 0 Å². The van der Waals surface area contributed by atoms with Crippen LogP contribution in [0.25, 0.3) is 20.9 Å². The van der Waals surface area contributed by atoms with Crippen molar-refractivity contribution < 1.29 is 0 Å². The van der Waals surface area contributed by atoms with Crippen LogP contribution < -0.4 is 5.56 Å². The van der Waals surface area contributed by atoms with Gasteiger partial charge in [0.1, 0.15) is 6.71 Å². The third-order valence-electron chi connectivity index (χ3n) is 4.22. The van der Waals surface area contributed by atoms with E-state index >= 15 is 0 Å². The molecule has 3 aromatic heterocycles. The second-order valence-corrected chi connectivity index (χ2v) is 8.70. The maximum atomic E-state index is 12.8. The van der Waals surface area contributed by atoms with Crippen molar-refractivity contribution in [2.45, 2.75) is 26.5 Å². The predicted octanol–water partition coefficient (Wildman–Crippen LogP) is 5.21. The van der Waals surface area contributed by atoms with Crippen molar-refractivity contribution in [3.05, 3.63) is 61.0 Å². The summed E-state index contributed by atoms with van der Waals surface area (Å²) in [5, 5.41) is 14.3. The Labute approximate surface area is 158 Å². The molecule has 0 radical (unpaired) electrons. The molecule has 0 N–H and O–H groups in total. The van der Waals surface area contributed by atoms with Gasteiger partial charge in [-0.15, -0.1) is 11.3 Å². The van der Waals surface area contributed by atoms with E-state index in [1.54, 1.807) is 27.4 Å². The molecule has 7 heteroatoms. The molecular formula is C18H16BClN2OS2. The molecule has 3 heterocycles. The summed E-state index contributed by atoms with van der Waals surface area (Å²) >= 11 is 9.38. The van der Waals surface area contributed by atoms with Crippen molar-refractivity contribution in [3.63, 3.8) is 0 Å². The zero-order valence-electron chi connectivity index (χ0n) is 14.0. The molecule has 25 heavy (non-hydrogen) atoms. The normalized spacial score (nSPS) is 11.5. The minimum absolute atomic E-state index is 0.0230. The van der Waals surface area contributed by atoms with Crippen molar-refractivity contribution in [1.29, 1.82) is 0 Å². The molecule has 1 aromatic carbocycles. The van der Waals surface area contributed by atoms with Crippen LogP contribution in [0.4, 0.5) is 0 Å².